The van der Waals surface area contributed by atoms with Crippen LogP contribution in [0, 0.1) is 6.92 Å². The number of hydrogen-bond donors (Lipinski definition) is 0. The van der Waals surface area contributed by atoms with Gasteiger partial charge in [0.2, 0.25) is 0 Å². The van der Waals surface area contributed by atoms with Gasteiger partial charge in [-0.2, -0.15) is 0 Å². The maximum absolute atomic E-state index is 2.41. The molecule has 9 rings (SSSR count). The zero-order valence-electron chi connectivity index (χ0n) is 30.9. The Kier molecular flexibility index (Phi) is 8.44. The maximum Gasteiger partial charge on any atom is 0.0468 e. The van der Waals surface area contributed by atoms with Crippen molar-refractivity contribution >= 4 is 57.0 Å². The molecule has 0 saturated heterocycles. The van der Waals surface area contributed by atoms with Crippen LogP contribution in [0.25, 0.3) is 34.1 Å². The van der Waals surface area contributed by atoms with Gasteiger partial charge in [-0.1, -0.05) is 141 Å². The highest BCUT2D eigenvalue weighted by Gasteiger charge is 2.36. The predicted molar refractivity (Wildman–Crippen MR) is 231 cm³/mol. The standard InChI is InChI=1S/C52H42N2/c1-37-13-12-20-45(33-37)54(46-29-26-40-14-10-11-15-41(40)35-46)47-30-32-49-48-31-25-39(34-50(48)52(2,3)51(49)36-47)22-21-38-23-27-44(28-24-38)53(42-16-6-4-7-17-42)43-18-8-5-9-19-43/h4-36H,1-3H3/b22-21+. The van der Waals surface area contributed by atoms with Crippen molar-refractivity contribution in [1.29, 1.82) is 0 Å². The smallest absolute Gasteiger partial charge is 0.0468 e. The third-order valence-corrected chi connectivity index (χ3v) is 10.8. The number of fused-ring (bicyclic) bond motifs is 4. The summed E-state index contributed by atoms with van der Waals surface area (Å²) in [7, 11) is 0. The first-order valence-corrected chi connectivity index (χ1v) is 18.8. The third-order valence-electron chi connectivity index (χ3n) is 10.8. The molecule has 260 valence electrons. The fraction of sp³-hybridized carbons (Fsp3) is 0.0769. The zero-order chi connectivity index (χ0) is 36.6. The van der Waals surface area contributed by atoms with Crippen LogP contribution in [0.3, 0.4) is 0 Å². The van der Waals surface area contributed by atoms with Crippen LogP contribution in [-0.4, -0.2) is 0 Å². The number of hydrogen-bond acceptors (Lipinski definition) is 2. The molecule has 0 radical (unpaired) electrons. The van der Waals surface area contributed by atoms with Crippen LogP contribution in [0.1, 0.15) is 41.7 Å². The quantitative estimate of drug-likeness (QED) is 0.146. The minimum absolute atomic E-state index is 0.161. The number of benzene rings is 8. The lowest BCUT2D eigenvalue weighted by atomic mass is 9.81. The number of aryl methyl sites for hydroxylation is 1. The van der Waals surface area contributed by atoms with Gasteiger partial charge in [-0.25, -0.2) is 0 Å². The van der Waals surface area contributed by atoms with E-state index < -0.39 is 0 Å². The molecule has 8 aromatic rings. The zero-order valence-corrected chi connectivity index (χ0v) is 30.9. The molecule has 0 atom stereocenters. The van der Waals surface area contributed by atoms with Crippen LogP contribution >= 0.6 is 0 Å². The van der Waals surface area contributed by atoms with Crippen LogP contribution in [0.5, 0.6) is 0 Å². The summed E-state index contributed by atoms with van der Waals surface area (Å²) in [4.78, 5) is 4.69. The average Bonchev–Trinajstić information content (AvgIpc) is 3.43. The molecule has 1 aliphatic carbocycles. The van der Waals surface area contributed by atoms with Gasteiger partial charge in [-0.05, 0) is 129 Å². The van der Waals surface area contributed by atoms with E-state index >= 15 is 0 Å². The molecule has 0 unspecified atom stereocenters. The monoisotopic (exact) mass is 694 g/mol. The summed E-state index contributed by atoms with van der Waals surface area (Å²) >= 11 is 0. The molecule has 0 amide bonds. The van der Waals surface area contributed by atoms with E-state index in [1.54, 1.807) is 0 Å². The highest BCUT2D eigenvalue weighted by atomic mass is 15.1. The Bertz CT molecular complexity index is 2600. The fourth-order valence-corrected chi connectivity index (χ4v) is 8.04. The molecular formula is C52H42N2. The first kappa shape index (κ1) is 33.2. The van der Waals surface area contributed by atoms with Crippen molar-refractivity contribution < 1.29 is 0 Å². The SMILES string of the molecule is Cc1cccc(N(c2ccc3c(c2)C(C)(C)c2cc(/C=C/c4ccc(N(c5ccccc5)c5ccccc5)cc4)ccc2-3)c2ccc3ccccc3c2)c1. The van der Waals surface area contributed by atoms with Gasteiger partial charge in [-0.3, -0.25) is 0 Å². The summed E-state index contributed by atoms with van der Waals surface area (Å²) in [5.74, 6) is 0. The minimum atomic E-state index is -0.161. The Morgan fingerprint density at radius 3 is 1.56 bits per heavy atom. The lowest BCUT2D eigenvalue weighted by Crippen LogP contribution is -2.16. The summed E-state index contributed by atoms with van der Waals surface area (Å²) in [6.07, 6.45) is 4.46. The predicted octanol–water partition coefficient (Wildman–Crippen LogP) is 14.6. The Morgan fingerprint density at radius 2 is 0.852 bits per heavy atom. The van der Waals surface area contributed by atoms with Crippen molar-refractivity contribution in [2.24, 2.45) is 0 Å². The molecule has 0 aliphatic heterocycles. The highest BCUT2D eigenvalue weighted by molar-refractivity contribution is 5.91. The molecule has 0 bridgehead atoms. The second kappa shape index (κ2) is 13.7. The molecule has 0 saturated carbocycles. The van der Waals surface area contributed by atoms with Gasteiger partial charge in [0.05, 0.1) is 0 Å². The van der Waals surface area contributed by atoms with Gasteiger partial charge in [0.15, 0.2) is 0 Å². The summed E-state index contributed by atoms with van der Waals surface area (Å²) in [6.45, 7) is 6.90. The third kappa shape index (κ3) is 6.16. The Balaban J connectivity index is 1.02. The van der Waals surface area contributed by atoms with E-state index in [0.29, 0.717) is 0 Å². The van der Waals surface area contributed by atoms with E-state index in [-0.39, 0.29) is 5.41 Å². The summed E-state index contributed by atoms with van der Waals surface area (Å²) in [5, 5.41) is 2.48. The van der Waals surface area contributed by atoms with E-state index in [0.717, 1.165) is 39.7 Å². The van der Waals surface area contributed by atoms with E-state index in [2.05, 4.69) is 231 Å². The van der Waals surface area contributed by atoms with Gasteiger partial charge in [0.25, 0.3) is 0 Å². The molecule has 8 aromatic carbocycles. The number of para-hydroxylation sites is 2. The second-order valence-electron chi connectivity index (χ2n) is 14.8. The van der Waals surface area contributed by atoms with Crippen LogP contribution < -0.4 is 9.80 Å². The van der Waals surface area contributed by atoms with E-state index in [1.807, 2.05) is 0 Å². The molecule has 1 aliphatic rings. The van der Waals surface area contributed by atoms with E-state index in [4.69, 9.17) is 0 Å². The summed E-state index contributed by atoms with van der Waals surface area (Å²) in [5.41, 5.74) is 15.7. The van der Waals surface area contributed by atoms with Crippen molar-refractivity contribution in [3.8, 4) is 11.1 Å². The topological polar surface area (TPSA) is 6.48 Å². The highest BCUT2D eigenvalue weighted by Crippen LogP contribution is 2.51. The molecular weight excluding hydrogens is 653 g/mol. The average molecular weight is 695 g/mol. The first-order chi connectivity index (χ1) is 26.4. The molecule has 0 spiro atoms. The number of anilines is 6. The normalized spacial score (nSPS) is 12.8. The van der Waals surface area contributed by atoms with Crippen LogP contribution in [-0.2, 0) is 5.41 Å². The second-order valence-corrected chi connectivity index (χ2v) is 14.8. The summed E-state index contributed by atoms with van der Waals surface area (Å²) in [6, 6.07) is 68.0. The number of rotatable bonds is 8. The van der Waals surface area contributed by atoms with Crippen molar-refractivity contribution in [3.05, 3.63) is 216 Å². The largest absolute Gasteiger partial charge is 0.311 e. The van der Waals surface area contributed by atoms with Crippen LogP contribution in [0.4, 0.5) is 34.1 Å². The van der Waals surface area contributed by atoms with Crippen molar-refractivity contribution in [2.75, 3.05) is 9.80 Å². The molecule has 0 fully saturated rings. The lowest BCUT2D eigenvalue weighted by Gasteiger charge is -2.28. The molecule has 0 heterocycles. The Labute approximate surface area is 318 Å². The summed E-state index contributed by atoms with van der Waals surface area (Å²) < 4.78 is 0. The van der Waals surface area contributed by atoms with Gasteiger partial charge >= 0.3 is 0 Å². The van der Waals surface area contributed by atoms with Gasteiger partial charge in [0.1, 0.15) is 0 Å². The van der Waals surface area contributed by atoms with Crippen molar-refractivity contribution in [3.63, 3.8) is 0 Å². The molecule has 0 N–H and O–H groups in total. The van der Waals surface area contributed by atoms with Gasteiger partial charge in [-0.15, -0.1) is 0 Å². The molecule has 2 nitrogen and oxygen atoms in total. The van der Waals surface area contributed by atoms with Crippen LogP contribution in [0.15, 0.2) is 188 Å². The van der Waals surface area contributed by atoms with E-state index in [9.17, 15) is 0 Å². The Morgan fingerprint density at radius 1 is 0.370 bits per heavy atom. The Hall–Kier alpha value is -6.64. The molecule has 0 aromatic heterocycles. The van der Waals surface area contributed by atoms with Crippen LogP contribution in [0.2, 0.25) is 0 Å². The first-order valence-electron chi connectivity index (χ1n) is 18.8. The van der Waals surface area contributed by atoms with E-state index in [1.165, 1.54) is 44.2 Å². The number of nitrogens with zero attached hydrogens (tertiary/aromatic N) is 2. The maximum atomic E-state index is 2.41. The molecule has 54 heavy (non-hydrogen) atoms. The van der Waals surface area contributed by atoms with Gasteiger partial charge in [0, 0.05) is 39.5 Å². The lowest BCUT2D eigenvalue weighted by molar-refractivity contribution is 0.660. The van der Waals surface area contributed by atoms with Crippen molar-refractivity contribution in [1.82, 2.24) is 0 Å². The minimum Gasteiger partial charge on any atom is -0.311 e. The fourth-order valence-electron chi connectivity index (χ4n) is 8.04. The van der Waals surface area contributed by atoms with Gasteiger partial charge < -0.3 is 9.80 Å². The van der Waals surface area contributed by atoms with Crippen molar-refractivity contribution in [2.45, 2.75) is 26.2 Å². The molecule has 2 heteroatoms.